The van der Waals surface area contributed by atoms with E-state index < -0.39 is 0 Å². The molecule has 2 fully saturated rings. The van der Waals surface area contributed by atoms with E-state index in [1.807, 2.05) is 18.2 Å². The zero-order valence-electron chi connectivity index (χ0n) is 14.9. The minimum atomic E-state index is 0.121. The second-order valence-electron chi connectivity index (χ2n) is 7.29. The molecule has 5 nitrogen and oxygen atoms in total. The van der Waals surface area contributed by atoms with Crippen molar-refractivity contribution in [2.24, 2.45) is 5.10 Å². The highest BCUT2D eigenvalue weighted by Crippen LogP contribution is 2.34. The molecule has 5 heteroatoms. The SMILES string of the molecule is COc1ccc(C2=NN(C3CCCC3)C(=O)C2)cc1OC1CCCC1. The maximum Gasteiger partial charge on any atom is 0.249 e. The Morgan fingerprint density at radius 1 is 1.04 bits per heavy atom. The maximum atomic E-state index is 12.4. The molecule has 2 saturated carbocycles. The number of carbonyl (C=O) groups is 1. The van der Waals surface area contributed by atoms with Gasteiger partial charge in [0.25, 0.3) is 0 Å². The topological polar surface area (TPSA) is 51.1 Å². The van der Waals surface area contributed by atoms with E-state index in [0.29, 0.717) is 6.42 Å². The standard InChI is InChI=1S/C20H26N2O3/c1-24-18-11-10-14(12-19(18)25-16-8-4-5-9-16)17-13-20(23)22(21-17)15-6-2-3-7-15/h10-12,15-16H,2-9,13H2,1H3. The van der Waals surface area contributed by atoms with Crippen LogP contribution >= 0.6 is 0 Å². The molecule has 0 spiro atoms. The van der Waals surface area contributed by atoms with Gasteiger partial charge in [0.1, 0.15) is 0 Å². The molecule has 4 rings (SSSR count). The van der Waals surface area contributed by atoms with Crippen molar-refractivity contribution in [1.82, 2.24) is 5.01 Å². The summed E-state index contributed by atoms with van der Waals surface area (Å²) in [5.41, 5.74) is 1.80. The Balaban J connectivity index is 1.57. The third-order valence-corrected chi connectivity index (χ3v) is 5.57. The molecule has 134 valence electrons. The van der Waals surface area contributed by atoms with Crippen LogP contribution in [0, 0.1) is 0 Å². The molecule has 0 radical (unpaired) electrons. The van der Waals surface area contributed by atoms with Crippen LogP contribution in [0.1, 0.15) is 63.4 Å². The van der Waals surface area contributed by atoms with Crippen molar-refractivity contribution in [2.45, 2.75) is 69.9 Å². The van der Waals surface area contributed by atoms with Gasteiger partial charge in [0, 0.05) is 5.56 Å². The van der Waals surface area contributed by atoms with Crippen LogP contribution < -0.4 is 9.47 Å². The third-order valence-electron chi connectivity index (χ3n) is 5.57. The van der Waals surface area contributed by atoms with Crippen molar-refractivity contribution >= 4 is 11.6 Å². The predicted octanol–water partition coefficient (Wildman–Crippen LogP) is 3.90. The van der Waals surface area contributed by atoms with E-state index in [1.165, 1.54) is 25.7 Å². The van der Waals surface area contributed by atoms with Crippen LogP contribution in [-0.2, 0) is 4.79 Å². The van der Waals surface area contributed by atoms with Crippen LogP contribution in [-0.4, -0.2) is 35.9 Å². The average Bonchev–Trinajstić information content (AvgIpc) is 3.36. The quantitative estimate of drug-likeness (QED) is 0.815. The number of carbonyl (C=O) groups excluding carboxylic acids is 1. The Kier molecular flexibility index (Phi) is 4.64. The Morgan fingerprint density at radius 3 is 2.48 bits per heavy atom. The number of hydrazone groups is 1. The predicted molar refractivity (Wildman–Crippen MR) is 96.1 cm³/mol. The molecule has 0 unspecified atom stereocenters. The second-order valence-corrected chi connectivity index (χ2v) is 7.29. The highest BCUT2D eigenvalue weighted by molar-refractivity contribution is 6.13. The van der Waals surface area contributed by atoms with Gasteiger partial charge in [-0.25, -0.2) is 5.01 Å². The summed E-state index contributed by atoms with van der Waals surface area (Å²) in [6.07, 6.45) is 9.83. The Labute approximate surface area is 149 Å². The summed E-state index contributed by atoms with van der Waals surface area (Å²) in [4.78, 5) is 12.4. The van der Waals surface area contributed by atoms with Crippen molar-refractivity contribution in [1.29, 1.82) is 0 Å². The summed E-state index contributed by atoms with van der Waals surface area (Å²) in [5.74, 6) is 1.63. The first kappa shape index (κ1) is 16.4. The highest BCUT2D eigenvalue weighted by Gasteiger charge is 2.32. The molecule has 0 aromatic heterocycles. The van der Waals surface area contributed by atoms with E-state index in [0.717, 1.165) is 48.5 Å². The van der Waals surface area contributed by atoms with E-state index in [1.54, 1.807) is 12.1 Å². The molecule has 1 aromatic rings. The van der Waals surface area contributed by atoms with Crippen LogP contribution in [0.4, 0.5) is 0 Å². The number of benzene rings is 1. The normalized spacial score (nSPS) is 21.9. The Morgan fingerprint density at radius 2 is 1.76 bits per heavy atom. The molecule has 1 heterocycles. The molecule has 1 aromatic carbocycles. The number of rotatable bonds is 5. The van der Waals surface area contributed by atoms with Gasteiger partial charge in [-0.1, -0.05) is 12.8 Å². The largest absolute Gasteiger partial charge is 0.493 e. The fraction of sp³-hybridized carbons (Fsp3) is 0.600. The highest BCUT2D eigenvalue weighted by atomic mass is 16.5. The molecular formula is C20H26N2O3. The summed E-state index contributed by atoms with van der Waals surface area (Å²) in [7, 11) is 1.66. The van der Waals surface area contributed by atoms with Gasteiger partial charge in [0.15, 0.2) is 11.5 Å². The molecule has 0 saturated heterocycles. The molecule has 2 aliphatic carbocycles. The first-order valence-corrected chi connectivity index (χ1v) is 9.49. The van der Waals surface area contributed by atoms with Gasteiger partial charge in [-0.3, -0.25) is 4.79 Å². The van der Waals surface area contributed by atoms with Crippen LogP contribution in [0.3, 0.4) is 0 Å². The summed E-state index contributed by atoms with van der Waals surface area (Å²) in [6.45, 7) is 0. The van der Waals surface area contributed by atoms with Crippen LogP contribution in [0.15, 0.2) is 23.3 Å². The van der Waals surface area contributed by atoms with Gasteiger partial charge in [-0.15, -0.1) is 0 Å². The number of ether oxygens (including phenoxy) is 2. The number of hydrogen-bond donors (Lipinski definition) is 0. The molecule has 0 atom stereocenters. The summed E-state index contributed by atoms with van der Waals surface area (Å²) in [5, 5.41) is 6.38. The minimum absolute atomic E-state index is 0.121. The molecule has 3 aliphatic rings. The number of methoxy groups -OCH3 is 1. The van der Waals surface area contributed by atoms with E-state index in [9.17, 15) is 4.79 Å². The Hall–Kier alpha value is -2.04. The lowest BCUT2D eigenvalue weighted by Crippen LogP contribution is -2.30. The molecule has 1 amide bonds. The van der Waals surface area contributed by atoms with Crippen molar-refractivity contribution in [3.8, 4) is 11.5 Å². The van der Waals surface area contributed by atoms with Crippen molar-refractivity contribution in [3.05, 3.63) is 23.8 Å². The molecular weight excluding hydrogens is 316 g/mol. The summed E-state index contributed by atoms with van der Waals surface area (Å²) < 4.78 is 11.6. The number of hydrogen-bond acceptors (Lipinski definition) is 4. The van der Waals surface area contributed by atoms with E-state index >= 15 is 0 Å². The van der Waals surface area contributed by atoms with Crippen LogP contribution in [0.25, 0.3) is 0 Å². The van der Waals surface area contributed by atoms with Gasteiger partial charge in [-0.05, 0) is 56.7 Å². The van der Waals surface area contributed by atoms with E-state index in [4.69, 9.17) is 9.47 Å². The van der Waals surface area contributed by atoms with E-state index in [-0.39, 0.29) is 18.1 Å². The smallest absolute Gasteiger partial charge is 0.249 e. The second kappa shape index (κ2) is 7.06. The van der Waals surface area contributed by atoms with Gasteiger partial charge < -0.3 is 9.47 Å². The number of amides is 1. The average molecular weight is 342 g/mol. The van der Waals surface area contributed by atoms with Gasteiger partial charge in [0.2, 0.25) is 5.91 Å². The van der Waals surface area contributed by atoms with Gasteiger partial charge >= 0.3 is 0 Å². The molecule has 25 heavy (non-hydrogen) atoms. The zero-order chi connectivity index (χ0) is 17.2. The van der Waals surface area contributed by atoms with Gasteiger partial charge in [0.05, 0.1) is 31.4 Å². The van der Waals surface area contributed by atoms with E-state index in [2.05, 4.69) is 5.10 Å². The van der Waals surface area contributed by atoms with Gasteiger partial charge in [-0.2, -0.15) is 5.10 Å². The number of nitrogens with zero attached hydrogens (tertiary/aromatic N) is 2. The first-order valence-electron chi connectivity index (χ1n) is 9.49. The lowest BCUT2D eigenvalue weighted by molar-refractivity contribution is -0.130. The Bertz CT molecular complexity index is 674. The lowest BCUT2D eigenvalue weighted by Gasteiger charge is -2.19. The van der Waals surface area contributed by atoms with Crippen molar-refractivity contribution in [2.75, 3.05) is 7.11 Å². The monoisotopic (exact) mass is 342 g/mol. The third kappa shape index (κ3) is 3.37. The summed E-state index contributed by atoms with van der Waals surface area (Å²) in [6, 6.07) is 6.18. The molecule has 0 N–H and O–H groups in total. The van der Waals surface area contributed by atoms with Crippen LogP contribution in [0.2, 0.25) is 0 Å². The maximum absolute atomic E-state index is 12.4. The lowest BCUT2D eigenvalue weighted by atomic mass is 10.1. The molecule has 0 bridgehead atoms. The zero-order valence-corrected chi connectivity index (χ0v) is 14.9. The molecule has 1 aliphatic heterocycles. The minimum Gasteiger partial charge on any atom is -0.493 e. The first-order chi connectivity index (χ1) is 12.2. The fourth-order valence-electron chi connectivity index (χ4n) is 4.17. The fourth-order valence-corrected chi connectivity index (χ4v) is 4.17. The summed E-state index contributed by atoms with van der Waals surface area (Å²) >= 11 is 0. The van der Waals surface area contributed by atoms with Crippen molar-refractivity contribution in [3.63, 3.8) is 0 Å². The van der Waals surface area contributed by atoms with Crippen LogP contribution in [0.5, 0.6) is 11.5 Å². The van der Waals surface area contributed by atoms with Crippen molar-refractivity contribution < 1.29 is 14.3 Å².